The molecule has 110 valence electrons. The molecule has 0 aliphatic carbocycles. The summed E-state index contributed by atoms with van der Waals surface area (Å²) >= 11 is 0. The number of quaternary nitrogens is 1. The van der Waals surface area contributed by atoms with Crippen LogP contribution >= 0.6 is 0 Å². The second-order valence-corrected chi connectivity index (χ2v) is 5.86. The van der Waals surface area contributed by atoms with E-state index >= 15 is 0 Å². The van der Waals surface area contributed by atoms with Gasteiger partial charge in [-0.1, -0.05) is 6.07 Å². The number of nitrogens with zero attached hydrogens (tertiary/aromatic N) is 2. The molecule has 2 aliphatic rings. The highest BCUT2D eigenvalue weighted by molar-refractivity contribution is 5.62. The SMILES string of the molecule is O=c1c(-c2cccnc2)ccc2n1CC1CCC[NH+]2C1.[Br-]. The summed E-state index contributed by atoms with van der Waals surface area (Å²) in [4.78, 5) is 18.4. The number of fused-ring (bicyclic) bond motifs is 4. The standard InChI is InChI=1S/C16H17N3O.BrH/c20-16-14(13-4-1-7-17-9-13)5-6-15-18-8-2-3-12(10-18)11-19(15)16;/h1,4-7,9,12H,2-3,8,10-11H2;1H. The molecular weight excluding hydrogens is 330 g/mol. The number of hydrogen-bond donors (Lipinski definition) is 1. The van der Waals surface area contributed by atoms with Gasteiger partial charge in [-0.05, 0) is 25.0 Å². The molecule has 2 atom stereocenters. The molecule has 0 aromatic carbocycles. The van der Waals surface area contributed by atoms with Gasteiger partial charge < -0.3 is 17.0 Å². The molecule has 2 aromatic rings. The van der Waals surface area contributed by atoms with E-state index in [1.165, 1.54) is 30.1 Å². The lowest BCUT2D eigenvalue weighted by atomic mass is 9.95. The quantitative estimate of drug-likeness (QED) is 0.639. The maximum Gasteiger partial charge on any atom is 0.262 e. The number of piperidine rings is 1. The smallest absolute Gasteiger partial charge is 0.262 e. The summed E-state index contributed by atoms with van der Waals surface area (Å²) in [5, 5.41) is 0. The van der Waals surface area contributed by atoms with E-state index in [-0.39, 0.29) is 22.5 Å². The molecule has 4 nitrogen and oxygen atoms in total. The van der Waals surface area contributed by atoms with Gasteiger partial charge in [0.25, 0.3) is 5.56 Å². The highest BCUT2D eigenvalue weighted by Gasteiger charge is 2.33. The zero-order valence-electron chi connectivity index (χ0n) is 11.8. The van der Waals surface area contributed by atoms with Crippen LogP contribution in [0.3, 0.4) is 0 Å². The van der Waals surface area contributed by atoms with Crippen LogP contribution in [0.5, 0.6) is 0 Å². The zero-order chi connectivity index (χ0) is 13.5. The van der Waals surface area contributed by atoms with Gasteiger partial charge in [-0.25, -0.2) is 0 Å². The number of pyridine rings is 2. The molecule has 1 saturated heterocycles. The maximum atomic E-state index is 12.8. The van der Waals surface area contributed by atoms with Gasteiger partial charge in [0.2, 0.25) is 5.82 Å². The van der Waals surface area contributed by atoms with Crippen LogP contribution in [-0.2, 0) is 6.54 Å². The lowest BCUT2D eigenvalue weighted by molar-refractivity contribution is -0.851. The van der Waals surface area contributed by atoms with E-state index in [0.29, 0.717) is 5.92 Å². The van der Waals surface area contributed by atoms with Crippen LogP contribution in [0.15, 0.2) is 41.5 Å². The van der Waals surface area contributed by atoms with Crippen molar-refractivity contribution in [3.63, 3.8) is 0 Å². The summed E-state index contributed by atoms with van der Waals surface area (Å²) in [6, 6.07) is 7.92. The van der Waals surface area contributed by atoms with E-state index in [0.717, 1.165) is 24.2 Å². The van der Waals surface area contributed by atoms with Crippen molar-refractivity contribution in [1.29, 1.82) is 0 Å². The summed E-state index contributed by atoms with van der Waals surface area (Å²) in [5.41, 5.74) is 1.82. The van der Waals surface area contributed by atoms with Crippen molar-refractivity contribution in [3.8, 4) is 11.1 Å². The number of rotatable bonds is 1. The van der Waals surface area contributed by atoms with Crippen molar-refractivity contribution in [2.24, 2.45) is 5.92 Å². The fourth-order valence-corrected chi connectivity index (χ4v) is 3.61. The summed E-state index contributed by atoms with van der Waals surface area (Å²) in [6.45, 7) is 3.22. The van der Waals surface area contributed by atoms with E-state index in [9.17, 15) is 4.79 Å². The van der Waals surface area contributed by atoms with E-state index in [4.69, 9.17) is 0 Å². The molecule has 0 saturated carbocycles. The Bertz CT molecular complexity index is 698. The molecule has 2 bridgehead atoms. The summed E-state index contributed by atoms with van der Waals surface area (Å²) in [7, 11) is 0. The lowest BCUT2D eigenvalue weighted by Crippen LogP contribution is -3.10. The van der Waals surface area contributed by atoms with Gasteiger partial charge in [-0.2, -0.15) is 0 Å². The second kappa shape index (κ2) is 5.73. The first-order valence-electron chi connectivity index (χ1n) is 7.32. The lowest BCUT2D eigenvalue weighted by Gasteiger charge is -2.36. The molecule has 1 N–H and O–H groups in total. The summed E-state index contributed by atoms with van der Waals surface area (Å²) in [5.74, 6) is 1.83. The molecule has 2 aromatic heterocycles. The molecule has 2 unspecified atom stereocenters. The van der Waals surface area contributed by atoms with E-state index in [1.54, 1.807) is 12.4 Å². The molecule has 21 heavy (non-hydrogen) atoms. The Balaban J connectivity index is 0.00000132. The Kier molecular flexibility index (Phi) is 3.95. The van der Waals surface area contributed by atoms with E-state index in [1.807, 2.05) is 22.8 Å². The van der Waals surface area contributed by atoms with Gasteiger partial charge in [-0.15, -0.1) is 0 Å². The van der Waals surface area contributed by atoms with Crippen molar-refractivity contribution in [2.75, 3.05) is 13.1 Å². The van der Waals surface area contributed by atoms with Crippen LogP contribution in [0.25, 0.3) is 11.1 Å². The minimum absolute atomic E-state index is 0. The van der Waals surface area contributed by atoms with Gasteiger partial charge in [-0.3, -0.25) is 19.2 Å². The van der Waals surface area contributed by atoms with Gasteiger partial charge in [0.05, 0.1) is 13.1 Å². The Morgan fingerprint density at radius 1 is 1.29 bits per heavy atom. The average molecular weight is 348 g/mol. The van der Waals surface area contributed by atoms with Crippen molar-refractivity contribution in [3.05, 3.63) is 47.0 Å². The van der Waals surface area contributed by atoms with Crippen LogP contribution < -0.4 is 27.4 Å². The topological polar surface area (TPSA) is 39.3 Å². The molecular formula is C16H18BrN3O. The molecule has 5 heteroatoms. The number of aromatic nitrogens is 2. The third-order valence-corrected chi connectivity index (χ3v) is 4.58. The third-order valence-electron chi connectivity index (χ3n) is 4.58. The largest absolute Gasteiger partial charge is 1.00 e. The Morgan fingerprint density at radius 2 is 2.19 bits per heavy atom. The first kappa shape index (κ1) is 14.5. The van der Waals surface area contributed by atoms with Crippen LogP contribution in [0, 0.1) is 5.92 Å². The average Bonchev–Trinajstić information content (AvgIpc) is 2.50. The van der Waals surface area contributed by atoms with Crippen LogP contribution in [0.2, 0.25) is 0 Å². The molecule has 0 spiro atoms. The van der Waals surface area contributed by atoms with Crippen LogP contribution in [-0.4, -0.2) is 22.6 Å². The first-order chi connectivity index (χ1) is 9.83. The zero-order valence-corrected chi connectivity index (χ0v) is 13.3. The third kappa shape index (κ3) is 2.45. The van der Waals surface area contributed by atoms with E-state index in [2.05, 4.69) is 11.1 Å². The molecule has 4 rings (SSSR count). The Morgan fingerprint density at radius 3 is 3.00 bits per heavy atom. The summed E-state index contributed by atoms with van der Waals surface area (Å²) in [6.07, 6.45) is 6.03. The Labute approximate surface area is 134 Å². The van der Waals surface area contributed by atoms with Gasteiger partial charge in [0.15, 0.2) is 0 Å². The first-order valence-corrected chi connectivity index (χ1v) is 7.32. The Hall–Kier alpha value is -1.46. The van der Waals surface area contributed by atoms with Gasteiger partial charge in [0, 0.05) is 42.0 Å². The highest BCUT2D eigenvalue weighted by Crippen LogP contribution is 2.21. The van der Waals surface area contributed by atoms with Crippen molar-refractivity contribution in [1.82, 2.24) is 9.55 Å². The minimum Gasteiger partial charge on any atom is -1.00 e. The van der Waals surface area contributed by atoms with Crippen LogP contribution in [0.1, 0.15) is 12.8 Å². The van der Waals surface area contributed by atoms with Crippen LogP contribution in [0.4, 0.5) is 5.82 Å². The normalized spacial score (nSPS) is 23.0. The molecule has 4 heterocycles. The molecule has 1 fully saturated rings. The number of nitrogens with one attached hydrogen (secondary N) is 1. The van der Waals surface area contributed by atoms with Crippen molar-refractivity contribution >= 4 is 5.82 Å². The fraction of sp³-hybridized carbons (Fsp3) is 0.375. The molecule has 0 radical (unpaired) electrons. The monoisotopic (exact) mass is 347 g/mol. The fourth-order valence-electron chi connectivity index (χ4n) is 3.61. The predicted octanol–water partition coefficient (Wildman–Crippen LogP) is -2.15. The highest BCUT2D eigenvalue weighted by atomic mass is 79.9. The number of hydrogen-bond acceptors (Lipinski definition) is 2. The minimum atomic E-state index is 0. The van der Waals surface area contributed by atoms with Crippen molar-refractivity contribution < 1.29 is 21.9 Å². The van der Waals surface area contributed by atoms with E-state index < -0.39 is 0 Å². The predicted molar refractivity (Wildman–Crippen MR) is 77.0 cm³/mol. The number of halogens is 1. The molecule has 2 aliphatic heterocycles. The van der Waals surface area contributed by atoms with Crippen molar-refractivity contribution in [2.45, 2.75) is 19.4 Å². The maximum absolute atomic E-state index is 12.8. The summed E-state index contributed by atoms with van der Waals surface area (Å²) < 4.78 is 1.99. The second-order valence-electron chi connectivity index (χ2n) is 5.86. The molecule has 0 amide bonds. The van der Waals surface area contributed by atoms with Gasteiger partial charge >= 0.3 is 0 Å². The van der Waals surface area contributed by atoms with Gasteiger partial charge in [0.1, 0.15) is 0 Å².